The zero-order chi connectivity index (χ0) is 25.1. The van der Waals surface area contributed by atoms with Crippen LogP contribution in [0.2, 0.25) is 5.02 Å². The number of amides is 3. The fraction of sp³-hybridized carbons (Fsp3) is 0.231. The lowest BCUT2D eigenvalue weighted by molar-refractivity contribution is 0.00693. The maximum absolute atomic E-state index is 14.0. The van der Waals surface area contributed by atoms with E-state index in [2.05, 4.69) is 10.6 Å². The van der Waals surface area contributed by atoms with Crippen molar-refractivity contribution in [1.82, 2.24) is 5.32 Å². The average Bonchev–Trinajstić information content (AvgIpc) is 3.31. The number of carbonyl (C=O) groups excluding carboxylic acids is 2. The van der Waals surface area contributed by atoms with Gasteiger partial charge in [0.2, 0.25) is 0 Å². The number of carbonyl (C=O) groups is 2. The van der Waals surface area contributed by atoms with Crippen LogP contribution in [0.1, 0.15) is 46.9 Å². The SMILES string of the molecule is CC(C)[C@@]1(O)CN(C(=O)Nc2cccc3c2[C@H](c2cc(F)ccc2Cl)NC3=O)c2ccc(F)cc21. The third-order valence-electron chi connectivity index (χ3n) is 6.74. The van der Waals surface area contributed by atoms with Gasteiger partial charge in [0.15, 0.2) is 0 Å². The summed E-state index contributed by atoms with van der Waals surface area (Å²) in [6.45, 7) is 3.52. The molecule has 9 heteroatoms. The van der Waals surface area contributed by atoms with Crippen molar-refractivity contribution in [3.63, 3.8) is 0 Å². The van der Waals surface area contributed by atoms with Crippen molar-refractivity contribution in [3.8, 4) is 0 Å². The molecule has 2 aliphatic rings. The second-order valence-corrected chi connectivity index (χ2v) is 9.50. The molecule has 0 aromatic heterocycles. The Balaban J connectivity index is 1.53. The molecule has 0 unspecified atom stereocenters. The maximum Gasteiger partial charge on any atom is 0.326 e. The summed E-state index contributed by atoms with van der Waals surface area (Å²) in [5.74, 6) is -1.69. The molecule has 0 bridgehead atoms. The number of nitrogens with one attached hydrogen (secondary N) is 2. The number of anilines is 2. The highest BCUT2D eigenvalue weighted by molar-refractivity contribution is 6.31. The number of hydrogen-bond donors (Lipinski definition) is 3. The minimum atomic E-state index is -1.43. The van der Waals surface area contributed by atoms with Crippen molar-refractivity contribution in [2.75, 3.05) is 16.8 Å². The Bertz CT molecular complexity index is 1380. The average molecular weight is 498 g/mol. The minimum absolute atomic E-state index is 0.0688. The van der Waals surface area contributed by atoms with Gasteiger partial charge < -0.3 is 15.7 Å². The molecule has 3 aromatic carbocycles. The van der Waals surface area contributed by atoms with Crippen molar-refractivity contribution in [1.29, 1.82) is 0 Å². The molecule has 0 aliphatic carbocycles. The Hall–Kier alpha value is -3.49. The number of aliphatic hydroxyl groups is 1. The molecule has 180 valence electrons. The lowest BCUT2D eigenvalue weighted by atomic mass is 9.85. The van der Waals surface area contributed by atoms with E-state index in [0.29, 0.717) is 33.6 Å². The first-order valence-electron chi connectivity index (χ1n) is 11.1. The lowest BCUT2D eigenvalue weighted by Crippen LogP contribution is -2.42. The number of nitrogens with zero attached hydrogens (tertiary/aromatic N) is 1. The number of hydrogen-bond acceptors (Lipinski definition) is 3. The van der Waals surface area contributed by atoms with Crippen molar-refractivity contribution in [2.24, 2.45) is 5.92 Å². The minimum Gasteiger partial charge on any atom is -0.383 e. The Morgan fingerprint density at radius 1 is 1.17 bits per heavy atom. The van der Waals surface area contributed by atoms with Crippen LogP contribution < -0.4 is 15.5 Å². The van der Waals surface area contributed by atoms with E-state index in [1.807, 2.05) is 0 Å². The van der Waals surface area contributed by atoms with Crippen LogP contribution in [-0.4, -0.2) is 23.6 Å². The largest absolute Gasteiger partial charge is 0.383 e. The van der Waals surface area contributed by atoms with Gasteiger partial charge >= 0.3 is 6.03 Å². The molecule has 6 nitrogen and oxygen atoms in total. The molecule has 35 heavy (non-hydrogen) atoms. The predicted molar refractivity (Wildman–Crippen MR) is 129 cm³/mol. The van der Waals surface area contributed by atoms with E-state index in [4.69, 9.17) is 11.6 Å². The third kappa shape index (κ3) is 3.73. The van der Waals surface area contributed by atoms with E-state index < -0.39 is 29.3 Å². The number of benzene rings is 3. The van der Waals surface area contributed by atoms with Crippen LogP contribution in [-0.2, 0) is 5.60 Å². The highest BCUT2D eigenvalue weighted by atomic mass is 35.5. The summed E-state index contributed by atoms with van der Waals surface area (Å²) in [4.78, 5) is 27.4. The van der Waals surface area contributed by atoms with Gasteiger partial charge in [0.25, 0.3) is 5.91 Å². The first-order valence-corrected chi connectivity index (χ1v) is 11.5. The molecule has 5 rings (SSSR count). The van der Waals surface area contributed by atoms with Crippen LogP contribution >= 0.6 is 11.6 Å². The number of fused-ring (bicyclic) bond motifs is 2. The molecule has 2 atom stereocenters. The number of β-amino-alcohol motifs (C(OH)–C–C–N with tert-alkyl or cyclic N) is 1. The highest BCUT2D eigenvalue weighted by Crippen LogP contribution is 2.45. The van der Waals surface area contributed by atoms with E-state index in [1.54, 1.807) is 32.0 Å². The molecule has 2 aliphatic heterocycles. The van der Waals surface area contributed by atoms with Gasteiger partial charge in [-0.2, -0.15) is 0 Å². The summed E-state index contributed by atoms with van der Waals surface area (Å²) < 4.78 is 28.0. The summed E-state index contributed by atoms with van der Waals surface area (Å²) in [6, 6.07) is 11.3. The fourth-order valence-electron chi connectivity index (χ4n) is 4.79. The molecule has 0 saturated heterocycles. The summed E-state index contributed by atoms with van der Waals surface area (Å²) in [6.07, 6.45) is 0. The van der Waals surface area contributed by atoms with Gasteiger partial charge in [-0.3, -0.25) is 9.69 Å². The van der Waals surface area contributed by atoms with Crippen molar-refractivity contribution < 1.29 is 23.5 Å². The summed E-state index contributed by atoms with van der Waals surface area (Å²) in [5, 5.41) is 17.2. The smallest absolute Gasteiger partial charge is 0.326 e. The summed E-state index contributed by atoms with van der Waals surface area (Å²) in [7, 11) is 0. The molecule has 3 amide bonds. The van der Waals surface area contributed by atoms with E-state index in [0.717, 1.165) is 0 Å². The van der Waals surface area contributed by atoms with Crippen LogP contribution in [0.3, 0.4) is 0 Å². The third-order valence-corrected chi connectivity index (χ3v) is 7.08. The number of urea groups is 1. The Labute approximate surface area is 205 Å². The van der Waals surface area contributed by atoms with E-state index in [1.165, 1.54) is 41.3 Å². The van der Waals surface area contributed by atoms with E-state index in [9.17, 15) is 23.5 Å². The van der Waals surface area contributed by atoms with Crippen molar-refractivity contribution in [2.45, 2.75) is 25.5 Å². The van der Waals surface area contributed by atoms with Gasteiger partial charge in [-0.15, -0.1) is 0 Å². The molecule has 2 heterocycles. The molecular formula is C26H22ClF2N3O3. The Morgan fingerprint density at radius 3 is 2.63 bits per heavy atom. The molecule has 0 spiro atoms. The second kappa shape index (κ2) is 8.32. The monoisotopic (exact) mass is 497 g/mol. The molecule has 3 N–H and O–H groups in total. The van der Waals surface area contributed by atoms with Crippen molar-refractivity contribution in [3.05, 3.63) is 93.5 Å². The zero-order valence-corrected chi connectivity index (χ0v) is 19.7. The first-order chi connectivity index (χ1) is 16.6. The number of halogens is 3. The first kappa shape index (κ1) is 23.3. The van der Waals surface area contributed by atoms with Crippen LogP contribution in [0.15, 0.2) is 54.6 Å². The topological polar surface area (TPSA) is 81.7 Å². The van der Waals surface area contributed by atoms with Gasteiger partial charge in [0.05, 0.1) is 18.3 Å². The predicted octanol–water partition coefficient (Wildman–Crippen LogP) is 5.35. The van der Waals surface area contributed by atoms with Crippen LogP contribution in [0.4, 0.5) is 25.0 Å². The van der Waals surface area contributed by atoms with Crippen molar-refractivity contribution >= 4 is 34.9 Å². The van der Waals surface area contributed by atoms with Gasteiger partial charge in [-0.05, 0) is 54.4 Å². The quantitative estimate of drug-likeness (QED) is 0.456. The van der Waals surface area contributed by atoms with Gasteiger partial charge in [0.1, 0.15) is 17.2 Å². The van der Waals surface area contributed by atoms with E-state index in [-0.39, 0.29) is 23.4 Å². The van der Waals surface area contributed by atoms with E-state index >= 15 is 0 Å². The second-order valence-electron chi connectivity index (χ2n) is 9.10. The van der Waals surface area contributed by atoms with Gasteiger partial charge in [0, 0.05) is 33.0 Å². The highest BCUT2D eigenvalue weighted by Gasteiger charge is 2.46. The standard InChI is InChI=1S/C26H22ClF2N3O3/c1-13(2)26(35)12-32(21-9-7-15(29)11-18(21)26)25(34)30-20-5-3-4-16-22(20)23(31-24(16)33)17-10-14(28)6-8-19(17)27/h3-11,13,23,35H,12H2,1-2H3,(H,30,34)(H,31,33)/t23-,26-/m0/s1. The molecule has 0 radical (unpaired) electrons. The van der Waals surface area contributed by atoms with Gasteiger partial charge in [-0.25, -0.2) is 13.6 Å². The van der Waals surface area contributed by atoms with Crippen LogP contribution in [0, 0.1) is 17.6 Å². The Kier molecular flexibility index (Phi) is 5.53. The van der Waals surface area contributed by atoms with Gasteiger partial charge in [-0.1, -0.05) is 31.5 Å². The van der Waals surface area contributed by atoms with Crippen LogP contribution in [0.5, 0.6) is 0 Å². The molecule has 3 aromatic rings. The van der Waals surface area contributed by atoms with Crippen LogP contribution in [0.25, 0.3) is 0 Å². The number of rotatable bonds is 3. The zero-order valence-electron chi connectivity index (χ0n) is 18.9. The molecule has 0 saturated carbocycles. The molecule has 0 fully saturated rings. The lowest BCUT2D eigenvalue weighted by Gasteiger charge is -2.28. The maximum atomic E-state index is 14.0. The Morgan fingerprint density at radius 2 is 1.89 bits per heavy atom. The normalized spacial score (nSPS) is 20.6. The fourth-order valence-corrected chi connectivity index (χ4v) is 5.02. The summed E-state index contributed by atoms with van der Waals surface area (Å²) >= 11 is 6.31. The summed E-state index contributed by atoms with van der Waals surface area (Å²) in [5.41, 5.74) is 0.778. The molecular weight excluding hydrogens is 476 g/mol.